The van der Waals surface area contributed by atoms with E-state index >= 15 is 0 Å². The molecule has 176 valence electrons. The van der Waals surface area contributed by atoms with Crippen molar-refractivity contribution in [3.05, 3.63) is 46.6 Å². The Hall–Kier alpha value is -2.36. The number of rotatable bonds is 5. The molecule has 0 saturated heterocycles. The van der Waals surface area contributed by atoms with Crippen LogP contribution in [0.5, 0.6) is 0 Å². The van der Waals surface area contributed by atoms with E-state index in [-0.39, 0.29) is 17.1 Å². The summed E-state index contributed by atoms with van der Waals surface area (Å²) in [6.45, 7) is 8.88. The van der Waals surface area contributed by atoms with Gasteiger partial charge in [0.15, 0.2) is 0 Å². The van der Waals surface area contributed by atoms with Gasteiger partial charge in [0.05, 0.1) is 5.75 Å². The molecule has 1 aliphatic carbocycles. The topological polar surface area (TPSA) is 80.7 Å². The maximum absolute atomic E-state index is 12.6. The minimum Gasteiger partial charge on any atom is -0.293 e. The van der Waals surface area contributed by atoms with Crippen molar-refractivity contribution < 1.29 is 4.79 Å². The van der Waals surface area contributed by atoms with Crippen molar-refractivity contribution in [2.75, 3.05) is 11.1 Å². The molecule has 1 N–H and O–H groups in total. The molecule has 34 heavy (non-hydrogen) atoms. The summed E-state index contributed by atoms with van der Waals surface area (Å²) in [6, 6.07) is 8.37. The largest absolute Gasteiger partial charge is 0.293 e. The van der Waals surface area contributed by atoms with Gasteiger partial charge in [-0.3, -0.25) is 10.1 Å². The lowest BCUT2D eigenvalue weighted by Crippen LogP contribution is -2.15. The Bertz CT molecular complexity index is 1340. The number of hydrogen-bond acceptors (Lipinski definition) is 8. The molecule has 1 amide bonds. The fourth-order valence-electron chi connectivity index (χ4n) is 4.15. The molecule has 0 radical (unpaired) electrons. The van der Waals surface area contributed by atoms with Crippen molar-refractivity contribution in [1.82, 2.24) is 19.3 Å². The number of anilines is 1. The number of thioether (sulfide) groups is 1. The van der Waals surface area contributed by atoms with Gasteiger partial charge in [0.25, 0.3) is 0 Å². The molecule has 9 heteroatoms. The standard InChI is InChI=1S/C25H27N5OS3/c1-14-5-10-17-18(11-14)33-23-20(17)22(26-13-27-23)32-12-19(31)28-24-29-21(34-30-24)15-6-8-16(9-7-15)25(2,3)4/h6-9,13-14H,5,10-12H2,1-4H3,(H,28,30,31). The smallest absolute Gasteiger partial charge is 0.241 e. The van der Waals surface area contributed by atoms with Crippen LogP contribution in [0.4, 0.5) is 5.95 Å². The number of amides is 1. The molecule has 3 aromatic heterocycles. The molecular formula is C25H27N5OS3. The van der Waals surface area contributed by atoms with Gasteiger partial charge in [0.2, 0.25) is 11.9 Å². The van der Waals surface area contributed by atoms with Crippen LogP contribution in [0.2, 0.25) is 0 Å². The van der Waals surface area contributed by atoms with E-state index in [0.717, 1.165) is 38.7 Å². The first kappa shape index (κ1) is 23.4. The van der Waals surface area contributed by atoms with Gasteiger partial charge in [0, 0.05) is 15.8 Å². The summed E-state index contributed by atoms with van der Waals surface area (Å²) in [6.07, 6.45) is 4.96. The number of aryl methyl sites for hydroxylation is 1. The monoisotopic (exact) mass is 509 g/mol. The molecule has 0 spiro atoms. The molecule has 0 bridgehead atoms. The van der Waals surface area contributed by atoms with Crippen molar-refractivity contribution in [3.8, 4) is 10.6 Å². The molecular weight excluding hydrogens is 483 g/mol. The summed E-state index contributed by atoms with van der Waals surface area (Å²) in [7, 11) is 0. The predicted octanol–water partition coefficient (Wildman–Crippen LogP) is 6.36. The average Bonchev–Trinajstić information content (AvgIpc) is 3.41. The molecule has 3 heterocycles. The second kappa shape index (κ2) is 9.36. The Morgan fingerprint density at radius 2 is 2.00 bits per heavy atom. The van der Waals surface area contributed by atoms with Crippen LogP contribution >= 0.6 is 34.6 Å². The van der Waals surface area contributed by atoms with Gasteiger partial charge < -0.3 is 0 Å². The Morgan fingerprint density at radius 3 is 2.76 bits per heavy atom. The fourth-order valence-corrected chi connectivity index (χ4v) is 7.02. The van der Waals surface area contributed by atoms with Gasteiger partial charge in [-0.15, -0.1) is 11.3 Å². The molecule has 0 fully saturated rings. The van der Waals surface area contributed by atoms with Crippen LogP contribution in [-0.4, -0.2) is 31.0 Å². The van der Waals surface area contributed by atoms with E-state index in [4.69, 9.17) is 0 Å². The summed E-state index contributed by atoms with van der Waals surface area (Å²) >= 11 is 4.52. The molecule has 6 nitrogen and oxygen atoms in total. The lowest BCUT2D eigenvalue weighted by Gasteiger charge is -2.18. The van der Waals surface area contributed by atoms with Crippen molar-refractivity contribution >= 4 is 56.7 Å². The van der Waals surface area contributed by atoms with Crippen LogP contribution < -0.4 is 5.32 Å². The van der Waals surface area contributed by atoms with Crippen LogP contribution in [-0.2, 0) is 23.1 Å². The Kier molecular flexibility index (Phi) is 6.43. The second-order valence-corrected chi connectivity index (χ2v) is 12.6. The number of aromatic nitrogens is 4. The number of nitrogens with one attached hydrogen (secondary N) is 1. The van der Waals surface area contributed by atoms with Crippen LogP contribution in [0.3, 0.4) is 0 Å². The molecule has 5 rings (SSSR count). The van der Waals surface area contributed by atoms with Gasteiger partial charge in [-0.1, -0.05) is 63.7 Å². The number of carbonyl (C=O) groups excluding carboxylic acids is 1. The number of fused-ring (bicyclic) bond motifs is 3. The highest BCUT2D eigenvalue weighted by Gasteiger charge is 2.23. The minimum absolute atomic E-state index is 0.104. The second-order valence-electron chi connectivity index (χ2n) is 9.80. The summed E-state index contributed by atoms with van der Waals surface area (Å²) in [5.74, 6) is 1.17. The summed E-state index contributed by atoms with van der Waals surface area (Å²) in [5, 5.41) is 5.65. The lowest BCUT2D eigenvalue weighted by molar-refractivity contribution is -0.113. The first-order valence-electron chi connectivity index (χ1n) is 11.4. The number of thiophene rings is 1. The van der Waals surface area contributed by atoms with Crippen LogP contribution in [0, 0.1) is 5.92 Å². The van der Waals surface area contributed by atoms with Gasteiger partial charge in [-0.2, -0.15) is 9.36 Å². The average molecular weight is 510 g/mol. The molecule has 0 aliphatic heterocycles. The van der Waals surface area contributed by atoms with Gasteiger partial charge >= 0.3 is 0 Å². The molecule has 1 aliphatic rings. The summed E-state index contributed by atoms with van der Waals surface area (Å²) < 4.78 is 4.33. The zero-order valence-electron chi connectivity index (χ0n) is 19.7. The van der Waals surface area contributed by atoms with Gasteiger partial charge in [-0.05, 0) is 53.3 Å². The highest BCUT2D eigenvalue weighted by molar-refractivity contribution is 8.00. The van der Waals surface area contributed by atoms with Gasteiger partial charge in [-0.25, -0.2) is 9.97 Å². The summed E-state index contributed by atoms with van der Waals surface area (Å²) in [4.78, 5) is 28.6. The van der Waals surface area contributed by atoms with Crippen molar-refractivity contribution in [1.29, 1.82) is 0 Å². The zero-order chi connectivity index (χ0) is 23.9. The Labute approximate surface area is 211 Å². The normalized spacial score (nSPS) is 15.9. The maximum atomic E-state index is 12.6. The first-order valence-corrected chi connectivity index (χ1v) is 14.0. The fraction of sp³-hybridized carbons (Fsp3) is 0.400. The molecule has 0 saturated carbocycles. The van der Waals surface area contributed by atoms with Crippen molar-refractivity contribution in [2.45, 2.75) is 57.4 Å². The maximum Gasteiger partial charge on any atom is 0.241 e. The molecule has 1 unspecified atom stereocenters. The third-order valence-electron chi connectivity index (χ3n) is 6.07. The third kappa shape index (κ3) is 4.87. The first-order chi connectivity index (χ1) is 16.3. The van der Waals surface area contributed by atoms with E-state index in [9.17, 15) is 4.79 Å². The van der Waals surface area contributed by atoms with Crippen LogP contribution in [0.15, 0.2) is 35.6 Å². The number of carbonyl (C=O) groups is 1. The van der Waals surface area contributed by atoms with E-state index in [1.54, 1.807) is 17.7 Å². The van der Waals surface area contributed by atoms with Crippen LogP contribution in [0.25, 0.3) is 20.8 Å². The number of benzene rings is 1. The Morgan fingerprint density at radius 1 is 1.21 bits per heavy atom. The molecule has 1 atom stereocenters. The summed E-state index contributed by atoms with van der Waals surface area (Å²) in [5.41, 5.74) is 3.75. The molecule has 4 aromatic rings. The minimum atomic E-state index is -0.137. The number of hydrogen-bond donors (Lipinski definition) is 1. The molecule has 1 aromatic carbocycles. The quantitative estimate of drug-likeness (QED) is 0.249. The zero-order valence-corrected chi connectivity index (χ0v) is 22.2. The van der Waals surface area contributed by atoms with Crippen LogP contribution in [0.1, 0.15) is 50.1 Å². The lowest BCUT2D eigenvalue weighted by atomic mass is 9.87. The SMILES string of the molecule is CC1CCc2c(sc3ncnc(SCC(=O)Nc4nsc(-c5ccc(C(C)(C)C)cc5)n4)c23)C1. The third-order valence-corrected chi connectivity index (χ3v) is 8.99. The van der Waals surface area contributed by atoms with Gasteiger partial charge in [0.1, 0.15) is 21.2 Å². The van der Waals surface area contributed by atoms with E-state index in [1.807, 2.05) is 0 Å². The van der Waals surface area contributed by atoms with E-state index in [2.05, 4.69) is 76.6 Å². The van der Waals surface area contributed by atoms with E-state index in [1.165, 1.54) is 45.7 Å². The predicted molar refractivity (Wildman–Crippen MR) is 142 cm³/mol. The Balaban J connectivity index is 1.25. The number of nitrogens with zero attached hydrogens (tertiary/aromatic N) is 4. The highest BCUT2D eigenvalue weighted by Crippen LogP contribution is 2.40. The van der Waals surface area contributed by atoms with Crippen molar-refractivity contribution in [2.24, 2.45) is 5.92 Å². The van der Waals surface area contributed by atoms with E-state index in [0.29, 0.717) is 11.9 Å². The highest BCUT2D eigenvalue weighted by atomic mass is 32.2. The van der Waals surface area contributed by atoms with Crippen molar-refractivity contribution in [3.63, 3.8) is 0 Å². The van der Waals surface area contributed by atoms with E-state index < -0.39 is 0 Å².